The number of ether oxygens (including phenoxy) is 1. The number of carbonyl (C=O) groups is 1. The van der Waals surface area contributed by atoms with Gasteiger partial charge < -0.3 is 15.4 Å². The van der Waals surface area contributed by atoms with E-state index in [1.54, 1.807) is 7.11 Å². The highest BCUT2D eigenvalue weighted by atomic mass is 16.5. The third-order valence-electron chi connectivity index (χ3n) is 3.31. The minimum atomic E-state index is 0.0580. The van der Waals surface area contributed by atoms with Crippen LogP contribution in [0, 0.1) is 0 Å². The predicted octanol–water partition coefficient (Wildman–Crippen LogP) is 2.23. The summed E-state index contributed by atoms with van der Waals surface area (Å²) >= 11 is 0. The third-order valence-corrected chi connectivity index (χ3v) is 3.31. The maximum Gasteiger partial charge on any atom is 0.221 e. The summed E-state index contributed by atoms with van der Waals surface area (Å²) in [5.41, 5.74) is 2.76. The molecule has 1 aromatic rings. The lowest BCUT2D eigenvalue weighted by Crippen LogP contribution is -2.29. The molecule has 4 heteroatoms. The van der Waals surface area contributed by atoms with Crippen LogP contribution >= 0.6 is 0 Å². The molecule has 1 aromatic carbocycles. The Hall–Kier alpha value is -1.39. The highest BCUT2D eigenvalue weighted by molar-refractivity contribution is 5.76. The molecule has 4 nitrogen and oxygen atoms in total. The second-order valence-electron chi connectivity index (χ2n) is 6.22. The Bertz CT molecular complexity index is 421. The SMILES string of the molecule is COCCNC(=O)CCNCc1ccc(C(C)(C)C)cc1. The number of nitrogens with one attached hydrogen (secondary N) is 2. The van der Waals surface area contributed by atoms with Gasteiger partial charge in [-0.2, -0.15) is 0 Å². The van der Waals surface area contributed by atoms with E-state index >= 15 is 0 Å². The highest BCUT2D eigenvalue weighted by Gasteiger charge is 2.12. The molecule has 1 rings (SSSR count). The number of carbonyl (C=O) groups excluding carboxylic acids is 1. The van der Waals surface area contributed by atoms with Gasteiger partial charge in [0.25, 0.3) is 0 Å². The van der Waals surface area contributed by atoms with Crippen LogP contribution in [0.4, 0.5) is 0 Å². The molecule has 0 aliphatic heterocycles. The van der Waals surface area contributed by atoms with Crippen LogP contribution in [-0.4, -0.2) is 32.7 Å². The fraction of sp³-hybridized carbons (Fsp3) is 0.588. The van der Waals surface area contributed by atoms with E-state index in [4.69, 9.17) is 4.74 Å². The molecule has 0 aliphatic carbocycles. The van der Waals surface area contributed by atoms with Crippen molar-refractivity contribution in [3.05, 3.63) is 35.4 Å². The molecule has 0 heterocycles. The summed E-state index contributed by atoms with van der Waals surface area (Å²) in [4.78, 5) is 11.5. The molecule has 0 bridgehead atoms. The molecule has 0 aromatic heterocycles. The Kier molecular flexibility index (Phi) is 7.40. The molecular formula is C17H28N2O2. The average Bonchev–Trinajstić information content (AvgIpc) is 2.43. The van der Waals surface area contributed by atoms with E-state index in [0.29, 0.717) is 26.1 Å². The van der Waals surface area contributed by atoms with Crippen molar-refractivity contribution in [3.63, 3.8) is 0 Å². The van der Waals surface area contributed by atoms with Crippen LogP contribution in [0.2, 0.25) is 0 Å². The average molecular weight is 292 g/mol. The van der Waals surface area contributed by atoms with Gasteiger partial charge in [0.2, 0.25) is 5.91 Å². The van der Waals surface area contributed by atoms with Gasteiger partial charge in [0.05, 0.1) is 6.61 Å². The Labute approximate surface area is 128 Å². The smallest absolute Gasteiger partial charge is 0.221 e. The number of benzene rings is 1. The van der Waals surface area contributed by atoms with Crippen LogP contribution in [0.5, 0.6) is 0 Å². The number of hydrogen-bond acceptors (Lipinski definition) is 3. The minimum Gasteiger partial charge on any atom is -0.383 e. The monoisotopic (exact) mass is 292 g/mol. The summed E-state index contributed by atoms with van der Waals surface area (Å²) in [6.45, 7) is 9.23. The number of rotatable bonds is 8. The van der Waals surface area contributed by atoms with Crippen LogP contribution in [0.3, 0.4) is 0 Å². The van der Waals surface area contributed by atoms with E-state index in [0.717, 1.165) is 6.54 Å². The zero-order chi connectivity index (χ0) is 15.7. The van der Waals surface area contributed by atoms with Gasteiger partial charge in [-0.1, -0.05) is 45.0 Å². The van der Waals surface area contributed by atoms with Gasteiger partial charge in [0, 0.05) is 33.2 Å². The van der Waals surface area contributed by atoms with Gasteiger partial charge in [-0.05, 0) is 16.5 Å². The maximum absolute atomic E-state index is 11.5. The first-order chi connectivity index (χ1) is 9.93. The highest BCUT2D eigenvalue weighted by Crippen LogP contribution is 2.22. The van der Waals surface area contributed by atoms with Crippen molar-refractivity contribution in [1.29, 1.82) is 0 Å². The van der Waals surface area contributed by atoms with Crippen molar-refractivity contribution >= 4 is 5.91 Å². The molecule has 21 heavy (non-hydrogen) atoms. The zero-order valence-corrected chi connectivity index (χ0v) is 13.7. The van der Waals surface area contributed by atoms with E-state index in [2.05, 4.69) is 55.7 Å². The summed E-state index contributed by atoms with van der Waals surface area (Å²) in [6, 6.07) is 8.64. The van der Waals surface area contributed by atoms with E-state index in [-0.39, 0.29) is 11.3 Å². The number of amides is 1. The van der Waals surface area contributed by atoms with Crippen molar-refractivity contribution in [3.8, 4) is 0 Å². The lowest BCUT2D eigenvalue weighted by molar-refractivity contribution is -0.121. The van der Waals surface area contributed by atoms with Crippen molar-refractivity contribution < 1.29 is 9.53 Å². The fourth-order valence-corrected chi connectivity index (χ4v) is 1.94. The van der Waals surface area contributed by atoms with Gasteiger partial charge in [0.1, 0.15) is 0 Å². The summed E-state index contributed by atoms with van der Waals surface area (Å²) < 4.78 is 4.88. The fourth-order valence-electron chi connectivity index (χ4n) is 1.94. The summed E-state index contributed by atoms with van der Waals surface area (Å²) in [5, 5.41) is 6.09. The topological polar surface area (TPSA) is 50.4 Å². The van der Waals surface area contributed by atoms with Gasteiger partial charge in [0.15, 0.2) is 0 Å². The van der Waals surface area contributed by atoms with Crippen molar-refractivity contribution in [2.24, 2.45) is 0 Å². The Morgan fingerprint density at radius 2 is 1.81 bits per heavy atom. The molecule has 0 aliphatic rings. The first-order valence-corrected chi connectivity index (χ1v) is 7.49. The van der Waals surface area contributed by atoms with E-state index < -0.39 is 0 Å². The molecule has 0 saturated heterocycles. The quantitative estimate of drug-likeness (QED) is 0.722. The standard InChI is InChI=1S/C17H28N2O2/c1-17(2,3)15-7-5-14(6-8-15)13-18-10-9-16(20)19-11-12-21-4/h5-8,18H,9-13H2,1-4H3,(H,19,20). The second kappa shape index (κ2) is 8.80. The van der Waals surface area contributed by atoms with Crippen molar-refractivity contribution in [2.75, 3.05) is 26.8 Å². The molecule has 2 N–H and O–H groups in total. The third kappa shape index (κ3) is 7.25. The van der Waals surface area contributed by atoms with Gasteiger partial charge in [-0.3, -0.25) is 4.79 Å². The lowest BCUT2D eigenvalue weighted by Gasteiger charge is -2.19. The molecule has 0 saturated carbocycles. The van der Waals surface area contributed by atoms with E-state index in [1.165, 1.54) is 11.1 Å². The van der Waals surface area contributed by atoms with Crippen LogP contribution < -0.4 is 10.6 Å². The number of methoxy groups -OCH3 is 1. The minimum absolute atomic E-state index is 0.0580. The van der Waals surface area contributed by atoms with Crippen molar-refractivity contribution in [2.45, 2.75) is 39.2 Å². The summed E-state index contributed by atoms with van der Waals surface area (Å²) in [5.74, 6) is 0.0580. The van der Waals surface area contributed by atoms with Gasteiger partial charge in [-0.15, -0.1) is 0 Å². The van der Waals surface area contributed by atoms with Crippen LogP contribution in [0.25, 0.3) is 0 Å². The molecule has 118 valence electrons. The van der Waals surface area contributed by atoms with Gasteiger partial charge in [-0.25, -0.2) is 0 Å². The first kappa shape index (κ1) is 17.7. The molecule has 0 unspecified atom stereocenters. The normalized spacial score (nSPS) is 11.4. The molecule has 1 amide bonds. The van der Waals surface area contributed by atoms with E-state index in [9.17, 15) is 4.79 Å². The van der Waals surface area contributed by atoms with Crippen molar-refractivity contribution in [1.82, 2.24) is 10.6 Å². The molecule has 0 spiro atoms. The maximum atomic E-state index is 11.5. The first-order valence-electron chi connectivity index (χ1n) is 7.49. The zero-order valence-electron chi connectivity index (χ0n) is 13.7. The Balaban J connectivity index is 2.22. The molecule has 0 fully saturated rings. The van der Waals surface area contributed by atoms with Gasteiger partial charge >= 0.3 is 0 Å². The van der Waals surface area contributed by atoms with Crippen LogP contribution in [0.1, 0.15) is 38.3 Å². The molecular weight excluding hydrogens is 264 g/mol. The largest absolute Gasteiger partial charge is 0.383 e. The summed E-state index contributed by atoms with van der Waals surface area (Å²) in [6.07, 6.45) is 0.490. The molecule has 0 radical (unpaired) electrons. The Morgan fingerprint density at radius 1 is 1.14 bits per heavy atom. The predicted molar refractivity (Wildman–Crippen MR) is 86.4 cm³/mol. The lowest BCUT2D eigenvalue weighted by atomic mass is 9.87. The number of hydrogen-bond donors (Lipinski definition) is 2. The summed E-state index contributed by atoms with van der Waals surface area (Å²) in [7, 11) is 1.62. The second-order valence-corrected chi connectivity index (χ2v) is 6.22. The molecule has 0 atom stereocenters. The van der Waals surface area contributed by atoms with Crippen LogP contribution in [0.15, 0.2) is 24.3 Å². The Morgan fingerprint density at radius 3 is 2.38 bits per heavy atom. The van der Waals surface area contributed by atoms with E-state index in [1.807, 2.05) is 0 Å². The van der Waals surface area contributed by atoms with Crippen LogP contribution in [-0.2, 0) is 21.5 Å².